The average Bonchev–Trinajstić information content (AvgIpc) is 2.46. The highest BCUT2D eigenvalue weighted by Crippen LogP contribution is 2.09. The highest BCUT2D eigenvalue weighted by atomic mass is 16.4. The Balaban J connectivity index is 2.35. The van der Waals surface area contributed by atoms with Crippen molar-refractivity contribution >= 4 is 17.7 Å². The molecule has 1 unspecified atom stereocenters. The summed E-state index contributed by atoms with van der Waals surface area (Å²) in [6, 6.07) is 6.22. The molecule has 0 saturated heterocycles. The number of urea groups is 1. The Morgan fingerprint density at radius 2 is 1.90 bits per heavy atom. The first-order chi connectivity index (χ1) is 9.93. The van der Waals surface area contributed by atoms with Gasteiger partial charge in [-0.05, 0) is 44.7 Å². The second kappa shape index (κ2) is 8.26. The summed E-state index contributed by atoms with van der Waals surface area (Å²) in [7, 11) is 2.03. The molecule has 0 bridgehead atoms. The van der Waals surface area contributed by atoms with Crippen molar-refractivity contribution in [2.45, 2.75) is 26.3 Å². The molecule has 0 aliphatic carbocycles. The van der Waals surface area contributed by atoms with Crippen molar-refractivity contribution in [2.24, 2.45) is 0 Å². The van der Waals surface area contributed by atoms with Crippen molar-refractivity contribution in [3.8, 4) is 0 Å². The summed E-state index contributed by atoms with van der Waals surface area (Å²) < 4.78 is 0. The van der Waals surface area contributed by atoms with Gasteiger partial charge in [-0.2, -0.15) is 0 Å². The number of hydrogen-bond donors (Lipinski definition) is 3. The first-order valence-electron chi connectivity index (χ1n) is 7.02. The first kappa shape index (κ1) is 17.0. The lowest BCUT2D eigenvalue weighted by Crippen LogP contribution is -2.38. The smallest absolute Gasteiger partial charge is 0.335 e. The highest BCUT2D eigenvalue weighted by Gasteiger charge is 2.07. The number of nitrogens with zero attached hydrogens (tertiary/aromatic N) is 1. The van der Waals surface area contributed by atoms with Crippen LogP contribution in [0.4, 0.5) is 10.5 Å². The van der Waals surface area contributed by atoms with Gasteiger partial charge >= 0.3 is 12.0 Å². The number of nitrogens with one attached hydrogen (secondary N) is 2. The van der Waals surface area contributed by atoms with Crippen LogP contribution in [0.5, 0.6) is 0 Å². The van der Waals surface area contributed by atoms with Crippen LogP contribution in [0.15, 0.2) is 24.3 Å². The van der Waals surface area contributed by atoms with E-state index < -0.39 is 5.97 Å². The molecule has 0 spiro atoms. The van der Waals surface area contributed by atoms with Crippen LogP contribution in [-0.4, -0.2) is 48.2 Å². The maximum atomic E-state index is 11.7. The molecule has 0 fully saturated rings. The molecule has 1 aromatic carbocycles. The van der Waals surface area contributed by atoms with Crippen LogP contribution in [0.25, 0.3) is 0 Å². The molecule has 6 heteroatoms. The van der Waals surface area contributed by atoms with Crippen LogP contribution in [-0.2, 0) is 0 Å². The van der Waals surface area contributed by atoms with Crippen LogP contribution in [0.2, 0.25) is 0 Å². The fraction of sp³-hybridized carbons (Fsp3) is 0.467. The lowest BCUT2D eigenvalue weighted by Gasteiger charge is -2.23. The SMILES string of the molecule is CCC(C)N(C)CCNC(=O)Nc1ccc(C(=O)O)cc1. The van der Waals surface area contributed by atoms with E-state index in [1.807, 2.05) is 7.05 Å². The molecule has 0 heterocycles. The largest absolute Gasteiger partial charge is 0.478 e. The number of hydrogen-bond acceptors (Lipinski definition) is 3. The van der Waals surface area contributed by atoms with Gasteiger partial charge in [0.15, 0.2) is 0 Å². The van der Waals surface area contributed by atoms with Gasteiger partial charge in [0.1, 0.15) is 0 Å². The molecule has 1 rings (SSSR count). The standard InChI is InChI=1S/C15H23N3O3/c1-4-11(2)18(3)10-9-16-15(21)17-13-7-5-12(6-8-13)14(19)20/h5-8,11H,4,9-10H2,1-3H3,(H,19,20)(H2,16,17,21). The monoisotopic (exact) mass is 293 g/mol. The zero-order valence-electron chi connectivity index (χ0n) is 12.7. The highest BCUT2D eigenvalue weighted by molar-refractivity contribution is 5.91. The minimum absolute atomic E-state index is 0.191. The van der Waals surface area contributed by atoms with Gasteiger partial charge in [0.05, 0.1) is 5.56 Å². The minimum atomic E-state index is -0.987. The summed E-state index contributed by atoms with van der Waals surface area (Å²) in [5.74, 6) is -0.987. The van der Waals surface area contributed by atoms with Crippen molar-refractivity contribution in [1.29, 1.82) is 0 Å². The number of carboxylic acid groups (broad SMARTS) is 1. The molecule has 2 amide bonds. The molecule has 0 radical (unpaired) electrons. The zero-order chi connectivity index (χ0) is 15.8. The number of likely N-dealkylation sites (N-methyl/N-ethyl adjacent to an activating group) is 1. The maximum Gasteiger partial charge on any atom is 0.335 e. The summed E-state index contributed by atoms with van der Waals surface area (Å²) in [5.41, 5.74) is 0.754. The lowest BCUT2D eigenvalue weighted by molar-refractivity contribution is 0.0697. The lowest BCUT2D eigenvalue weighted by atomic mass is 10.2. The van der Waals surface area contributed by atoms with E-state index in [0.717, 1.165) is 13.0 Å². The van der Waals surface area contributed by atoms with Gasteiger partial charge in [0.25, 0.3) is 0 Å². The predicted octanol–water partition coefficient (Wildman–Crippen LogP) is 2.24. The van der Waals surface area contributed by atoms with E-state index in [9.17, 15) is 9.59 Å². The number of rotatable bonds is 7. The third-order valence-corrected chi connectivity index (χ3v) is 3.48. The number of carboxylic acids is 1. The number of aromatic carboxylic acids is 1. The topological polar surface area (TPSA) is 81.7 Å². The van der Waals surface area contributed by atoms with Gasteiger partial charge in [-0.15, -0.1) is 0 Å². The van der Waals surface area contributed by atoms with Crippen LogP contribution in [0.1, 0.15) is 30.6 Å². The molecule has 6 nitrogen and oxygen atoms in total. The molecule has 0 saturated carbocycles. The van der Waals surface area contributed by atoms with Crippen molar-refractivity contribution in [3.05, 3.63) is 29.8 Å². The predicted molar refractivity (Wildman–Crippen MR) is 82.8 cm³/mol. The third kappa shape index (κ3) is 5.83. The molecule has 0 aliphatic heterocycles. The average molecular weight is 293 g/mol. The fourth-order valence-electron chi connectivity index (χ4n) is 1.75. The van der Waals surface area contributed by atoms with Gasteiger partial charge in [-0.1, -0.05) is 6.92 Å². The molecule has 1 aromatic rings. The van der Waals surface area contributed by atoms with Gasteiger partial charge in [-0.3, -0.25) is 0 Å². The Bertz CT molecular complexity index is 474. The van der Waals surface area contributed by atoms with Crippen LogP contribution < -0.4 is 10.6 Å². The molecule has 3 N–H and O–H groups in total. The molecule has 0 aromatic heterocycles. The Morgan fingerprint density at radius 3 is 2.43 bits per heavy atom. The number of amides is 2. The summed E-state index contributed by atoms with van der Waals surface area (Å²) in [5, 5.41) is 14.2. The van der Waals surface area contributed by atoms with Gasteiger partial charge in [0, 0.05) is 24.8 Å². The van der Waals surface area contributed by atoms with Crippen molar-refractivity contribution < 1.29 is 14.7 Å². The van der Waals surface area contributed by atoms with Crippen LogP contribution >= 0.6 is 0 Å². The van der Waals surface area contributed by atoms with Gasteiger partial charge in [-0.25, -0.2) is 9.59 Å². The van der Waals surface area contributed by atoms with Crippen molar-refractivity contribution in [3.63, 3.8) is 0 Å². The van der Waals surface area contributed by atoms with E-state index in [0.29, 0.717) is 18.3 Å². The Hall–Kier alpha value is -2.08. The molecule has 1 atom stereocenters. The maximum absolute atomic E-state index is 11.7. The van der Waals surface area contributed by atoms with Crippen molar-refractivity contribution in [1.82, 2.24) is 10.2 Å². The second-order valence-electron chi connectivity index (χ2n) is 5.00. The number of anilines is 1. The number of benzene rings is 1. The molecule has 0 aliphatic rings. The van der Waals surface area contributed by atoms with E-state index in [2.05, 4.69) is 29.4 Å². The molecule has 21 heavy (non-hydrogen) atoms. The van der Waals surface area contributed by atoms with E-state index in [-0.39, 0.29) is 11.6 Å². The van der Waals surface area contributed by atoms with E-state index >= 15 is 0 Å². The quantitative estimate of drug-likeness (QED) is 0.720. The third-order valence-electron chi connectivity index (χ3n) is 3.48. The van der Waals surface area contributed by atoms with E-state index in [1.165, 1.54) is 12.1 Å². The molecular formula is C15H23N3O3. The van der Waals surface area contributed by atoms with E-state index in [1.54, 1.807) is 12.1 Å². The number of carbonyl (C=O) groups excluding carboxylic acids is 1. The summed E-state index contributed by atoms with van der Waals surface area (Å²) in [6.45, 7) is 5.60. The summed E-state index contributed by atoms with van der Waals surface area (Å²) in [6.07, 6.45) is 1.07. The van der Waals surface area contributed by atoms with Crippen molar-refractivity contribution in [2.75, 3.05) is 25.5 Å². The summed E-state index contributed by atoms with van der Waals surface area (Å²) in [4.78, 5) is 24.6. The number of carbonyl (C=O) groups is 2. The molecule has 116 valence electrons. The first-order valence-corrected chi connectivity index (χ1v) is 7.02. The van der Waals surface area contributed by atoms with Gasteiger partial charge in [0.2, 0.25) is 0 Å². The fourth-order valence-corrected chi connectivity index (χ4v) is 1.75. The van der Waals surface area contributed by atoms with Crippen LogP contribution in [0, 0.1) is 0 Å². The summed E-state index contributed by atoms with van der Waals surface area (Å²) >= 11 is 0. The van der Waals surface area contributed by atoms with Gasteiger partial charge < -0.3 is 20.6 Å². The zero-order valence-corrected chi connectivity index (χ0v) is 12.7. The second-order valence-corrected chi connectivity index (χ2v) is 5.00. The Morgan fingerprint density at radius 1 is 1.29 bits per heavy atom. The molecular weight excluding hydrogens is 270 g/mol. The Labute approximate surface area is 125 Å². The van der Waals surface area contributed by atoms with Crippen LogP contribution in [0.3, 0.4) is 0 Å². The minimum Gasteiger partial charge on any atom is -0.478 e. The normalized spacial score (nSPS) is 12.0. The van der Waals surface area contributed by atoms with E-state index in [4.69, 9.17) is 5.11 Å². The Kier molecular flexibility index (Phi) is 6.68.